The Hall–Kier alpha value is -2.23. The fourth-order valence-electron chi connectivity index (χ4n) is 1.93. The van der Waals surface area contributed by atoms with Gasteiger partial charge in [0.25, 0.3) is 0 Å². The van der Waals surface area contributed by atoms with Gasteiger partial charge in [0.2, 0.25) is 5.91 Å². The first kappa shape index (κ1) is 15.2. The molecule has 2 aromatic heterocycles. The predicted molar refractivity (Wildman–Crippen MR) is 72.5 cm³/mol. The number of rotatable bonds is 8. The molecule has 9 heteroatoms. The molecule has 2 rings (SSSR count). The minimum absolute atomic E-state index is 0.00415. The molecule has 0 saturated heterocycles. The number of aromatic nitrogens is 4. The Kier molecular flexibility index (Phi) is 5.43. The van der Waals surface area contributed by atoms with Gasteiger partial charge in [-0.15, -0.1) is 0 Å². The van der Waals surface area contributed by atoms with Crippen LogP contribution in [0.25, 0.3) is 0 Å². The number of nitrogens with one attached hydrogen (secondary N) is 2. The molecule has 0 fully saturated rings. The third-order valence-corrected chi connectivity index (χ3v) is 2.96. The molecule has 1 amide bonds. The normalized spacial score (nSPS) is 12.3. The Morgan fingerprint density at radius 2 is 2.24 bits per heavy atom. The van der Waals surface area contributed by atoms with Crippen molar-refractivity contribution in [1.29, 1.82) is 0 Å². The highest BCUT2D eigenvalue weighted by molar-refractivity contribution is 5.75. The molecule has 1 atom stereocenters. The summed E-state index contributed by atoms with van der Waals surface area (Å²) in [6.45, 7) is 1.67. The topological polar surface area (TPSA) is 112 Å². The van der Waals surface area contributed by atoms with E-state index >= 15 is 0 Å². The number of nitrogens with zero attached hydrogens (tertiary/aromatic N) is 4. The highest BCUT2D eigenvalue weighted by Gasteiger charge is 2.09. The van der Waals surface area contributed by atoms with Crippen LogP contribution in [0.5, 0.6) is 0 Å². The maximum absolute atomic E-state index is 11.6. The lowest BCUT2D eigenvalue weighted by atomic mass is 10.3. The number of carbonyl (C=O) groups is 1. The molecule has 114 valence electrons. The first-order valence-electron chi connectivity index (χ1n) is 6.63. The summed E-state index contributed by atoms with van der Waals surface area (Å²) in [6.07, 6.45) is 9.16. The molecule has 0 radical (unpaired) electrons. The molecule has 2 heterocycles. The van der Waals surface area contributed by atoms with E-state index in [9.17, 15) is 10.0 Å². The van der Waals surface area contributed by atoms with Gasteiger partial charge in [-0.05, 0) is 6.42 Å². The molecule has 0 aliphatic carbocycles. The van der Waals surface area contributed by atoms with E-state index in [4.69, 9.17) is 5.21 Å². The van der Waals surface area contributed by atoms with Gasteiger partial charge in [-0.25, -0.2) is 10.2 Å². The molecule has 0 bridgehead atoms. The van der Waals surface area contributed by atoms with Crippen molar-refractivity contribution in [2.45, 2.75) is 25.9 Å². The standard InChI is InChI=1S/C12H18N6O3/c19-11(14-4-8-16-7-3-13-10-16)2-1-6-17-9-5-15-12(17)18(20)21/h3,5,7,9-10,18,20H,1-2,4,6,8H2,(H,14,19). The fraction of sp³-hybridized carbons (Fsp3) is 0.417. The van der Waals surface area contributed by atoms with Gasteiger partial charge in [0, 0.05) is 44.6 Å². The van der Waals surface area contributed by atoms with Crippen LogP contribution in [0.15, 0.2) is 31.1 Å². The maximum Gasteiger partial charge on any atom is 0.340 e. The van der Waals surface area contributed by atoms with Crippen molar-refractivity contribution in [3.8, 4) is 0 Å². The molecular formula is C12H18N6O3. The number of amides is 1. The Morgan fingerprint density at radius 3 is 2.95 bits per heavy atom. The second-order valence-corrected chi connectivity index (χ2v) is 4.50. The number of imidazole rings is 2. The molecule has 3 N–H and O–H groups in total. The quantitative estimate of drug-likeness (QED) is 0.545. The van der Waals surface area contributed by atoms with Crippen molar-refractivity contribution in [2.24, 2.45) is 0 Å². The second-order valence-electron chi connectivity index (χ2n) is 4.50. The van der Waals surface area contributed by atoms with Gasteiger partial charge in [-0.3, -0.25) is 9.36 Å². The van der Waals surface area contributed by atoms with Crippen LogP contribution < -0.4 is 10.5 Å². The van der Waals surface area contributed by atoms with Crippen LogP contribution in [-0.2, 0) is 17.9 Å². The summed E-state index contributed by atoms with van der Waals surface area (Å²) in [5.74, 6) is -0.0531. The second kappa shape index (κ2) is 7.53. The van der Waals surface area contributed by atoms with Crippen molar-refractivity contribution >= 4 is 11.9 Å². The van der Waals surface area contributed by atoms with Gasteiger partial charge in [0.15, 0.2) is 0 Å². The first-order valence-corrected chi connectivity index (χ1v) is 6.63. The summed E-state index contributed by atoms with van der Waals surface area (Å²) in [5.41, 5.74) is 0. The Bertz CT molecular complexity index is 551. The maximum atomic E-state index is 11.6. The molecule has 0 saturated carbocycles. The average molecular weight is 294 g/mol. The Balaban J connectivity index is 1.64. The van der Waals surface area contributed by atoms with Crippen LogP contribution in [0, 0.1) is 5.21 Å². The number of carbonyl (C=O) groups excluding carboxylic acids is 1. The number of aryl methyl sites for hydroxylation is 1. The van der Waals surface area contributed by atoms with Crippen molar-refractivity contribution in [1.82, 2.24) is 24.4 Å². The van der Waals surface area contributed by atoms with E-state index in [2.05, 4.69) is 15.3 Å². The summed E-state index contributed by atoms with van der Waals surface area (Å²) in [6, 6.07) is 0. The monoisotopic (exact) mass is 294 g/mol. The van der Waals surface area contributed by atoms with Crippen LogP contribution in [0.4, 0.5) is 5.95 Å². The molecule has 1 unspecified atom stereocenters. The smallest absolute Gasteiger partial charge is 0.340 e. The summed E-state index contributed by atoms with van der Waals surface area (Å²) in [4.78, 5) is 19.3. The summed E-state index contributed by atoms with van der Waals surface area (Å²) < 4.78 is 3.41. The molecular weight excluding hydrogens is 276 g/mol. The van der Waals surface area contributed by atoms with E-state index in [1.807, 2.05) is 10.8 Å². The van der Waals surface area contributed by atoms with Gasteiger partial charge in [0.1, 0.15) is 0 Å². The number of hydrogen-bond acceptors (Lipinski definition) is 5. The zero-order valence-corrected chi connectivity index (χ0v) is 11.5. The van der Waals surface area contributed by atoms with E-state index in [0.717, 1.165) is 0 Å². The van der Waals surface area contributed by atoms with E-state index in [-0.39, 0.29) is 11.9 Å². The molecule has 0 aliphatic rings. The zero-order valence-electron chi connectivity index (χ0n) is 11.5. The molecule has 9 nitrogen and oxygen atoms in total. The summed E-state index contributed by atoms with van der Waals surface area (Å²) >= 11 is 0. The third kappa shape index (κ3) is 4.67. The van der Waals surface area contributed by atoms with Crippen molar-refractivity contribution in [3.63, 3.8) is 0 Å². The largest absolute Gasteiger partial charge is 0.592 e. The molecule has 2 aromatic rings. The Morgan fingerprint density at radius 1 is 1.38 bits per heavy atom. The lowest BCUT2D eigenvalue weighted by Crippen LogP contribution is -3.00. The first-order chi connectivity index (χ1) is 10.2. The van der Waals surface area contributed by atoms with Gasteiger partial charge in [-0.1, -0.05) is 0 Å². The van der Waals surface area contributed by atoms with Crippen LogP contribution in [0.1, 0.15) is 12.8 Å². The fourth-order valence-corrected chi connectivity index (χ4v) is 1.93. The summed E-state index contributed by atoms with van der Waals surface area (Å²) in [7, 11) is 0. The van der Waals surface area contributed by atoms with Gasteiger partial charge < -0.3 is 15.1 Å². The molecule has 0 aliphatic heterocycles. The van der Waals surface area contributed by atoms with Gasteiger partial charge in [-0.2, -0.15) is 10.2 Å². The van der Waals surface area contributed by atoms with Gasteiger partial charge >= 0.3 is 5.95 Å². The predicted octanol–water partition coefficient (Wildman–Crippen LogP) is -0.920. The van der Waals surface area contributed by atoms with Crippen molar-refractivity contribution < 1.29 is 15.2 Å². The highest BCUT2D eigenvalue weighted by atomic mass is 16.8. The van der Waals surface area contributed by atoms with Crippen molar-refractivity contribution in [3.05, 3.63) is 36.3 Å². The average Bonchev–Trinajstić information content (AvgIpc) is 3.09. The van der Waals surface area contributed by atoms with Crippen LogP contribution in [0.3, 0.4) is 0 Å². The highest BCUT2D eigenvalue weighted by Crippen LogP contribution is 2.02. The van der Waals surface area contributed by atoms with E-state index < -0.39 is 5.23 Å². The number of hydrogen-bond donors (Lipinski definition) is 3. The number of quaternary nitrogens is 1. The van der Waals surface area contributed by atoms with Crippen molar-refractivity contribution in [2.75, 3.05) is 6.54 Å². The molecule has 0 aromatic carbocycles. The van der Waals surface area contributed by atoms with Crippen LogP contribution in [0.2, 0.25) is 0 Å². The van der Waals surface area contributed by atoms with E-state index in [1.54, 1.807) is 18.7 Å². The SMILES string of the molecule is O=C(CCCn1ccnc1[NH+]([O-])O)NCCn1ccnc1. The van der Waals surface area contributed by atoms with Crippen LogP contribution >= 0.6 is 0 Å². The third-order valence-electron chi connectivity index (χ3n) is 2.96. The zero-order chi connectivity index (χ0) is 15.1. The minimum atomic E-state index is -1.07. The molecule has 21 heavy (non-hydrogen) atoms. The summed E-state index contributed by atoms with van der Waals surface area (Å²) in [5, 5.41) is 21.5. The Labute approximate surface area is 121 Å². The van der Waals surface area contributed by atoms with E-state index in [0.29, 0.717) is 32.5 Å². The minimum Gasteiger partial charge on any atom is -0.592 e. The molecule has 0 spiro atoms. The van der Waals surface area contributed by atoms with E-state index in [1.165, 1.54) is 10.8 Å². The van der Waals surface area contributed by atoms with Crippen LogP contribution in [-0.4, -0.2) is 36.8 Å². The lowest BCUT2D eigenvalue weighted by Gasteiger charge is -2.12. The van der Waals surface area contributed by atoms with Gasteiger partial charge in [0.05, 0.1) is 12.5 Å². The lowest BCUT2D eigenvalue weighted by molar-refractivity contribution is -0.995.